The topological polar surface area (TPSA) is 52.0 Å². The molecular formula is C8H12N2O2S. The fourth-order valence-corrected chi connectivity index (χ4v) is 3.42. The van der Waals surface area contributed by atoms with Gasteiger partial charge in [0, 0.05) is 11.9 Å². The molecule has 72 valence electrons. The van der Waals surface area contributed by atoms with E-state index in [2.05, 4.69) is 5.10 Å². The first-order chi connectivity index (χ1) is 6.08. The number of aromatic nitrogens is 2. The van der Waals surface area contributed by atoms with Gasteiger partial charge in [-0.05, 0) is 19.4 Å². The Morgan fingerprint density at radius 3 is 2.85 bits per heavy atom. The summed E-state index contributed by atoms with van der Waals surface area (Å²) in [6.45, 7) is 1.94. The van der Waals surface area contributed by atoms with Crippen LogP contribution in [0.3, 0.4) is 0 Å². The zero-order valence-electron chi connectivity index (χ0n) is 7.47. The maximum Gasteiger partial charge on any atom is 0.152 e. The molecule has 0 aliphatic carbocycles. The average Bonchev–Trinajstić information content (AvgIpc) is 2.56. The van der Waals surface area contributed by atoms with E-state index in [9.17, 15) is 8.42 Å². The van der Waals surface area contributed by atoms with Crippen molar-refractivity contribution < 1.29 is 8.42 Å². The maximum absolute atomic E-state index is 11.2. The van der Waals surface area contributed by atoms with Crippen molar-refractivity contribution in [2.24, 2.45) is 0 Å². The maximum atomic E-state index is 11.2. The number of nitrogens with zero attached hydrogens (tertiary/aromatic N) is 2. The van der Waals surface area contributed by atoms with Gasteiger partial charge in [-0.1, -0.05) is 0 Å². The lowest BCUT2D eigenvalue weighted by atomic mass is 10.2. The smallest absolute Gasteiger partial charge is 0.152 e. The molecule has 0 N–H and O–H groups in total. The third-order valence-electron chi connectivity index (χ3n) is 2.42. The number of sulfone groups is 1. The number of rotatable bonds is 1. The Hall–Kier alpha value is -0.840. The van der Waals surface area contributed by atoms with Crippen molar-refractivity contribution in [3.63, 3.8) is 0 Å². The minimum absolute atomic E-state index is 0.0556. The van der Waals surface area contributed by atoms with Crippen LogP contribution in [0.25, 0.3) is 0 Å². The molecule has 0 spiro atoms. The Bertz CT molecular complexity index is 408. The molecule has 1 unspecified atom stereocenters. The van der Waals surface area contributed by atoms with Crippen molar-refractivity contribution in [3.05, 3.63) is 18.0 Å². The molecule has 1 atom stereocenters. The Kier molecular flexibility index (Phi) is 1.91. The van der Waals surface area contributed by atoms with Crippen LogP contribution >= 0.6 is 0 Å². The van der Waals surface area contributed by atoms with Crippen LogP contribution in [0, 0.1) is 6.92 Å². The first kappa shape index (κ1) is 8.74. The number of aryl methyl sites for hydroxylation is 1. The van der Waals surface area contributed by atoms with E-state index in [4.69, 9.17) is 0 Å². The fraction of sp³-hybridized carbons (Fsp3) is 0.625. The summed E-state index contributed by atoms with van der Waals surface area (Å²) in [5.74, 6) is 0.548. The summed E-state index contributed by atoms with van der Waals surface area (Å²) in [5, 5.41) is 4.12. The summed E-state index contributed by atoms with van der Waals surface area (Å²) in [5.41, 5.74) is 1.03. The Labute approximate surface area is 77.5 Å². The van der Waals surface area contributed by atoms with Crippen LogP contribution in [0.2, 0.25) is 0 Å². The fourth-order valence-electron chi connectivity index (χ4n) is 1.73. The molecule has 1 aromatic rings. The van der Waals surface area contributed by atoms with Crippen LogP contribution < -0.4 is 0 Å². The lowest BCUT2D eigenvalue weighted by Crippen LogP contribution is -2.13. The van der Waals surface area contributed by atoms with E-state index >= 15 is 0 Å². The predicted molar refractivity (Wildman–Crippen MR) is 49.3 cm³/mol. The average molecular weight is 200 g/mol. The summed E-state index contributed by atoms with van der Waals surface area (Å²) in [6.07, 6.45) is 2.41. The summed E-state index contributed by atoms with van der Waals surface area (Å²) < 4.78 is 24.2. The van der Waals surface area contributed by atoms with E-state index in [1.807, 2.05) is 17.7 Å². The first-order valence-corrected chi connectivity index (χ1v) is 6.11. The highest BCUT2D eigenvalue weighted by Gasteiger charge is 2.29. The van der Waals surface area contributed by atoms with Crippen molar-refractivity contribution >= 4 is 9.84 Å². The monoisotopic (exact) mass is 200 g/mol. The SMILES string of the molecule is Cc1ccnn1C1CCS(=O)(=O)C1. The highest BCUT2D eigenvalue weighted by Crippen LogP contribution is 2.23. The molecule has 0 bridgehead atoms. The Balaban J connectivity index is 2.26. The standard InChI is InChI=1S/C8H12N2O2S/c1-7-2-4-9-10(7)8-3-5-13(11,12)6-8/h2,4,8H,3,5-6H2,1H3. The number of hydrogen-bond acceptors (Lipinski definition) is 3. The van der Waals surface area contributed by atoms with Crippen molar-refractivity contribution in [2.75, 3.05) is 11.5 Å². The summed E-state index contributed by atoms with van der Waals surface area (Å²) in [6, 6.07) is 1.95. The van der Waals surface area contributed by atoms with Crippen LogP contribution in [0.4, 0.5) is 0 Å². The molecule has 5 heteroatoms. The second-order valence-electron chi connectivity index (χ2n) is 3.47. The molecule has 2 rings (SSSR count). The van der Waals surface area contributed by atoms with Gasteiger partial charge < -0.3 is 0 Å². The molecule has 1 fully saturated rings. The first-order valence-electron chi connectivity index (χ1n) is 4.29. The van der Waals surface area contributed by atoms with Gasteiger partial charge in [0.05, 0.1) is 17.5 Å². The van der Waals surface area contributed by atoms with Gasteiger partial charge in [-0.15, -0.1) is 0 Å². The van der Waals surface area contributed by atoms with E-state index in [0.717, 1.165) is 5.69 Å². The minimum Gasteiger partial charge on any atom is -0.266 e. The van der Waals surface area contributed by atoms with Crippen LogP contribution in [-0.4, -0.2) is 29.7 Å². The molecule has 13 heavy (non-hydrogen) atoms. The van der Waals surface area contributed by atoms with Crippen molar-refractivity contribution in [1.82, 2.24) is 9.78 Å². The van der Waals surface area contributed by atoms with Crippen molar-refractivity contribution in [2.45, 2.75) is 19.4 Å². The zero-order chi connectivity index (χ0) is 9.47. The Morgan fingerprint density at radius 2 is 2.38 bits per heavy atom. The molecule has 1 aromatic heterocycles. The van der Waals surface area contributed by atoms with E-state index in [1.165, 1.54) is 0 Å². The third-order valence-corrected chi connectivity index (χ3v) is 4.17. The lowest BCUT2D eigenvalue weighted by Gasteiger charge is -2.09. The van der Waals surface area contributed by atoms with Crippen molar-refractivity contribution in [3.8, 4) is 0 Å². The highest BCUT2D eigenvalue weighted by atomic mass is 32.2. The summed E-state index contributed by atoms with van der Waals surface area (Å²) in [4.78, 5) is 0. The predicted octanol–water partition coefficient (Wildman–Crippen LogP) is 0.551. The van der Waals surface area contributed by atoms with Crippen LogP contribution in [0.5, 0.6) is 0 Å². The van der Waals surface area contributed by atoms with E-state index in [0.29, 0.717) is 12.2 Å². The van der Waals surface area contributed by atoms with E-state index < -0.39 is 9.84 Å². The molecule has 1 aliphatic heterocycles. The molecule has 4 nitrogen and oxygen atoms in total. The van der Waals surface area contributed by atoms with Crippen molar-refractivity contribution in [1.29, 1.82) is 0 Å². The Morgan fingerprint density at radius 1 is 1.62 bits per heavy atom. The molecule has 0 saturated carbocycles. The summed E-state index contributed by atoms with van der Waals surface area (Å²) in [7, 11) is -2.80. The minimum atomic E-state index is -2.80. The molecular weight excluding hydrogens is 188 g/mol. The van der Waals surface area contributed by atoms with Gasteiger partial charge in [-0.2, -0.15) is 5.10 Å². The molecule has 0 aromatic carbocycles. The molecule has 0 radical (unpaired) electrons. The normalized spacial score (nSPS) is 26.4. The van der Waals surface area contributed by atoms with Gasteiger partial charge in [0.25, 0.3) is 0 Å². The molecule has 0 amide bonds. The summed E-state index contributed by atoms with van der Waals surface area (Å²) >= 11 is 0. The number of hydrogen-bond donors (Lipinski definition) is 0. The third kappa shape index (κ3) is 1.60. The van der Waals surface area contributed by atoms with E-state index in [1.54, 1.807) is 6.20 Å². The second kappa shape index (κ2) is 2.83. The zero-order valence-corrected chi connectivity index (χ0v) is 8.29. The quantitative estimate of drug-likeness (QED) is 0.665. The van der Waals surface area contributed by atoms with Gasteiger partial charge >= 0.3 is 0 Å². The molecule has 1 aliphatic rings. The van der Waals surface area contributed by atoms with Crippen LogP contribution in [0.1, 0.15) is 18.2 Å². The van der Waals surface area contributed by atoms with Gasteiger partial charge in [-0.3, -0.25) is 4.68 Å². The van der Waals surface area contributed by atoms with Crippen LogP contribution in [-0.2, 0) is 9.84 Å². The second-order valence-corrected chi connectivity index (χ2v) is 5.70. The molecule has 1 saturated heterocycles. The van der Waals surface area contributed by atoms with E-state index in [-0.39, 0.29) is 11.8 Å². The van der Waals surface area contributed by atoms with Gasteiger partial charge in [0.1, 0.15) is 0 Å². The highest BCUT2D eigenvalue weighted by molar-refractivity contribution is 7.91. The van der Waals surface area contributed by atoms with Gasteiger partial charge in [0.2, 0.25) is 0 Å². The van der Waals surface area contributed by atoms with Gasteiger partial charge in [-0.25, -0.2) is 8.42 Å². The lowest BCUT2D eigenvalue weighted by molar-refractivity contribution is 0.488. The molecule has 2 heterocycles. The largest absolute Gasteiger partial charge is 0.266 e. The van der Waals surface area contributed by atoms with Crippen LogP contribution in [0.15, 0.2) is 12.3 Å². The van der Waals surface area contributed by atoms with Gasteiger partial charge in [0.15, 0.2) is 9.84 Å².